The highest BCUT2D eigenvalue weighted by Crippen LogP contribution is 2.44. The Balaban J connectivity index is 2.32. The zero-order chi connectivity index (χ0) is 19.6. The van der Waals surface area contributed by atoms with Crippen LogP contribution in [0.3, 0.4) is 0 Å². The Labute approximate surface area is 154 Å². The molecule has 2 aromatic rings. The van der Waals surface area contributed by atoms with Gasteiger partial charge in [-0.15, -0.1) is 0 Å². The number of rotatable bonds is 4. The number of carbonyl (C=O) groups is 2. The van der Waals surface area contributed by atoms with E-state index in [2.05, 4.69) is 5.73 Å². The van der Waals surface area contributed by atoms with Crippen LogP contribution >= 0.6 is 0 Å². The van der Waals surface area contributed by atoms with Gasteiger partial charge in [0.2, 0.25) is 0 Å². The van der Waals surface area contributed by atoms with E-state index >= 15 is 0 Å². The van der Waals surface area contributed by atoms with Gasteiger partial charge in [0.05, 0.1) is 13.2 Å². The van der Waals surface area contributed by atoms with Crippen LogP contribution < -0.4 is 0 Å². The summed E-state index contributed by atoms with van der Waals surface area (Å²) in [4.78, 5) is 24.4. The molecule has 0 amide bonds. The molecule has 0 aliphatic heterocycles. The first-order valence-electron chi connectivity index (χ1n) is 8.41. The van der Waals surface area contributed by atoms with E-state index < -0.39 is 29.1 Å². The zero-order valence-electron chi connectivity index (χ0n) is 14.8. The van der Waals surface area contributed by atoms with Crippen molar-refractivity contribution in [1.29, 1.82) is 0 Å². The van der Waals surface area contributed by atoms with E-state index in [1.54, 1.807) is 13.8 Å². The standard InChI is InChI=1S/C21H16F2O4/c1-3-26-20(24)19(21(25)27-4-2)11-18-14-7-5-12(22)9-16(14)17-10-13(23)6-8-15(17)18/h5-10H,3-4H2,1-2H3. The Morgan fingerprint density at radius 2 is 1.26 bits per heavy atom. The molecule has 0 atom stereocenters. The Hall–Kier alpha value is -3.24. The highest BCUT2D eigenvalue weighted by molar-refractivity contribution is 6.15. The monoisotopic (exact) mass is 370 g/mol. The van der Waals surface area contributed by atoms with E-state index in [4.69, 9.17) is 9.47 Å². The van der Waals surface area contributed by atoms with E-state index in [0.29, 0.717) is 27.8 Å². The second kappa shape index (κ2) is 7.56. The van der Waals surface area contributed by atoms with Crippen LogP contribution in [0.2, 0.25) is 0 Å². The predicted octanol–water partition coefficient (Wildman–Crippen LogP) is 4.03. The van der Waals surface area contributed by atoms with Gasteiger partial charge >= 0.3 is 11.9 Å². The van der Waals surface area contributed by atoms with Crippen molar-refractivity contribution in [2.45, 2.75) is 13.8 Å². The minimum atomic E-state index is -0.873. The molecule has 1 aliphatic rings. The van der Waals surface area contributed by atoms with Gasteiger partial charge in [-0.2, -0.15) is 0 Å². The molecule has 2 aromatic carbocycles. The molecule has 0 fully saturated rings. The van der Waals surface area contributed by atoms with E-state index in [0.717, 1.165) is 0 Å². The molecule has 0 unspecified atom stereocenters. The second-order valence-electron chi connectivity index (χ2n) is 5.70. The van der Waals surface area contributed by atoms with Gasteiger partial charge in [-0.25, -0.2) is 18.4 Å². The van der Waals surface area contributed by atoms with Crippen LogP contribution in [0.5, 0.6) is 0 Å². The second-order valence-corrected chi connectivity index (χ2v) is 5.70. The van der Waals surface area contributed by atoms with Crippen molar-refractivity contribution in [3.8, 4) is 11.1 Å². The number of benzene rings is 2. The van der Waals surface area contributed by atoms with Crippen LogP contribution in [-0.2, 0) is 19.1 Å². The smallest absolute Gasteiger partial charge is 0.353 e. The fourth-order valence-electron chi connectivity index (χ4n) is 2.91. The lowest BCUT2D eigenvalue weighted by molar-refractivity contribution is -0.146. The SMILES string of the molecule is CCOC(=O)C(=C=C1c2ccc(F)cc2-c2cc(F)ccc21)C(=O)OCC. The number of carbonyl (C=O) groups excluding carboxylic acids is 2. The summed E-state index contributed by atoms with van der Waals surface area (Å²) in [6, 6.07) is 8.04. The minimum absolute atomic E-state index is 0.0718. The van der Waals surface area contributed by atoms with Crippen LogP contribution in [0.4, 0.5) is 8.78 Å². The molecule has 27 heavy (non-hydrogen) atoms. The van der Waals surface area contributed by atoms with Gasteiger partial charge in [-0.05, 0) is 60.4 Å². The Morgan fingerprint density at radius 3 is 1.67 bits per heavy atom. The zero-order valence-corrected chi connectivity index (χ0v) is 14.8. The highest BCUT2D eigenvalue weighted by atomic mass is 19.1. The molecule has 4 nitrogen and oxygen atoms in total. The molecule has 3 rings (SSSR count). The molecule has 0 saturated heterocycles. The fraction of sp³-hybridized carbons (Fsp3) is 0.190. The van der Waals surface area contributed by atoms with E-state index in [-0.39, 0.29) is 13.2 Å². The molecule has 0 radical (unpaired) electrons. The van der Waals surface area contributed by atoms with Crippen LogP contribution in [-0.4, -0.2) is 25.2 Å². The number of halogens is 2. The van der Waals surface area contributed by atoms with Gasteiger partial charge in [-0.1, -0.05) is 17.9 Å². The van der Waals surface area contributed by atoms with Gasteiger partial charge < -0.3 is 9.47 Å². The van der Waals surface area contributed by atoms with E-state index in [1.807, 2.05) is 0 Å². The summed E-state index contributed by atoms with van der Waals surface area (Å²) in [7, 11) is 0. The maximum atomic E-state index is 13.7. The number of hydrogen-bond acceptors (Lipinski definition) is 4. The summed E-state index contributed by atoms with van der Waals surface area (Å²) in [6.07, 6.45) is 0. The molecule has 0 bridgehead atoms. The van der Waals surface area contributed by atoms with Gasteiger partial charge in [0.15, 0.2) is 5.57 Å². The number of ether oxygens (including phenoxy) is 2. The third-order valence-electron chi connectivity index (χ3n) is 4.00. The Bertz CT molecular complexity index is 928. The van der Waals surface area contributed by atoms with Crippen LogP contribution in [0, 0.1) is 11.6 Å². The molecule has 0 spiro atoms. The molecule has 138 valence electrons. The minimum Gasteiger partial charge on any atom is -0.462 e. The predicted molar refractivity (Wildman–Crippen MR) is 94.6 cm³/mol. The van der Waals surface area contributed by atoms with Crippen LogP contribution in [0.1, 0.15) is 25.0 Å². The third kappa shape index (κ3) is 3.52. The van der Waals surface area contributed by atoms with Crippen molar-refractivity contribution in [2.75, 3.05) is 13.2 Å². The lowest BCUT2D eigenvalue weighted by Crippen LogP contribution is -2.17. The lowest BCUT2D eigenvalue weighted by atomic mass is 10.0. The number of fused-ring (bicyclic) bond motifs is 3. The molecule has 0 aromatic heterocycles. The van der Waals surface area contributed by atoms with Crippen molar-refractivity contribution in [2.24, 2.45) is 0 Å². The first kappa shape index (κ1) is 18.5. The first-order valence-corrected chi connectivity index (χ1v) is 8.41. The van der Waals surface area contributed by atoms with Gasteiger partial charge in [0.25, 0.3) is 0 Å². The molecule has 1 aliphatic carbocycles. The maximum Gasteiger partial charge on any atom is 0.353 e. The van der Waals surface area contributed by atoms with Crippen molar-refractivity contribution >= 4 is 17.5 Å². The van der Waals surface area contributed by atoms with Crippen molar-refractivity contribution in [3.63, 3.8) is 0 Å². The molecule has 6 heteroatoms. The quantitative estimate of drug-likeness (QED) is 0.229. The number of hydrogen-bond donors (Lipinski definition) is 0. The molecular formula is C21H16F2O4. The summed E-state index contributed by atoms with van der Waals surface area (Å²) in [5, 5.41) is 0. The van der Waals surface area contributed by atoms with Crippen molar-refractivity contribution < 1.29 is 27.8 Å². The summed E-state index contributed by atoms with van der Waals surface area (Å²) < 4.78 is 37.3. The van der Waals surface area contributed by atoms with Gasteiger partial charge in [0, 0.05) is 5.57 Å². The molecule has 0 saturated carbocycles. The normalized spacial score (nSPS) is 11.3. The van der Waals surface area contributed by atoms with E-state index in [9.17, 15) is 18.4 Å². The molecule has 0 heterocycles. The summed E-state index contributed by atoms with van der Waals surface area (Å²) in [5.74, 6) is -2.71. The Kier molecular flexibility index (Phi) is 5.19. The molecule has 0 N–H and O–H groups in total. The maximum absolute atomic E-state index is 13.7. The average molecular weight is 370 g/mol. The third-order valence-corrected chi connectivity index (χ3v) is 4.00. The fourth-order valence-corrected chi connectivity index (χ4v) is 2.91. The molecular weight excluding hydrogens is 354 g/mol. The summed E-state index contributed by atoms with van der Waals surface area (Å²) in [5.41, 5.74) is 4.72. The summed E-state index contributed by atoms with van der Waals surface area (Å²) >= 11 is 0. The van der Waals surface area contributed by atoms with Crippen molar-refractivity contribution in [3.05, 3.63) is 70.5 Å². The average Bonchev–Trinajstić information content (AvgIpc) is 2.92. The van der Waals surface area contributed by atoms with Crippen LogP contribution in [0.15, 0.2) is 47.7 Å². The topological polar surface area (TPSA) is 52.6 Å². The summed E-state index contributed by atoms with van der Waals surface area (Å²) in [6.45, 7) is 3.36. The van der Waals surface area contributed by atoms with Crippen molar-refractivity contribution in [1.82, 2.24) is 0 Å². The Morgan fingerprint density at radius 1 is 0.815 bits per heavy atom. The lowest BCUT2D eigenvalue weighted by Gasteiger charge is -2.05. The van der Waals surface area contributed by atoms with Crippen LogP contribution in [0.25, 0.3) is 16.7 Å². The number of esters is 2. The largest absolute Gasteiger partial charge is 0.462 e. The van der Waals surface area contributed by atoms with Gasteiger partial charge in [0.1, 0.15) is 11.6 Å². The highest BCUT2D eigenvalue weighted by Gasteiger charge is 2.27. The first-order chi connectivity index (χ1) is 13.0. The van der Waals surface area contributed by atoms with E-state index in [1.165, 1.54) is 36.4 Å². The van der Waals surface area contributed by atoms with Gasteiger partial charge in [-0.3, -0.25) is 0 Å².